The molecule has 2 rings (SSSR count). The summed E-state index contributed by atoms with van der Waals surface area (Å²) in [4.78, 5) is 0. The average Bonchev–Trinajstić information content (AvgIpc) is 2.43. The molecule has 2 nitrogen and oxygen atoms in total. The molecule has 0 radical (unpaired) electrons. The Kier molecular flexibility index (Phi) is 4.93. The minimum absolute atomic E-state index is 0.445. The van der Waals surface area contributed by atoms with E-state index in [1.807, 2.05) is 6.07 Å². The number of rotatable bonds is 5. The van der Waals surface area contributed by atoms with Gasteiger partial charge in [-0.15, -0.1) is 0 Å². The van der Waals surface area contributed by atoms with Crippen molar-refractivity contribution in [1.29, 1.82) is 0 Å². The van der Waals surface area contributed by atoms with Gasteiger partial charge >= 0.3 is 0 Å². The molecule has 2 aromatic rings. The summed E-state index contributed by atoms with van der Waals surface area (Å²) in [7, 11) is 1.56. The molecule has 1 N–H and O–H groups in total. The Bertz CT molecular complexity index is 604. The minimum atomic E-state index is -0.837. The molecular formula is C15H14ClF2NO. The van der Waals surface area contributed by atoms with Crippen molar-refractivity contribution in [3.8, 4) is 5.75 Å². The fourth-order valence-corrected chi connectivity index (χ4v) is 2.10. The summed E-state index contributed by atoms with van der Waals surface area (Å²) < 4.78 is 30.9. The highest BCUT2D eigenvalue weighted by atomic mass is 35.5. The molecule has 0 saturated carbocycles. The largest absolute Gasteiger partial charge is 0.495 e. The predicted octanol–water partition coefficient (Wildman–Crippen LogP) is 3.92. The van der Waals surface area contributed by atoms with Crippen molar-refractivity contribution in [3.63, 3.8) is 0 Å². The summed E-state index contributed by atoms with van der Waals surface area (Å²) in [6.45, 7) is 1.02. The molecule has 0 atom stereocenters. The van der Waals surface area contributed by atoms with E-state index in [2.05, 4.69) is 5.32 Å². The minimum Gasteiger partial charge on any atom is -0.495 e. The summed E-state index contributed by atoms with van der Waals surface area (Å²) in [6, 6.07) is 9.34. The van der Waals surface area contributed by atoms with Crippen LogP contribution in [0.4, 0.5) is 8.78 Å². The van der Waals surface area contributed by atoms with E-state index < -0.39 is 11.6 Å². The summed E-state index contributed by atoms with van der Waals surface area (Å²) in [5.74, 6) is -1.05. The van der Waals surface area contributed by atoms with Gasteiger partial charge in [0.1, 0.15) is 5.75 Å². The first-order valence-corrected chi connectivity index (χ1v) is 6.45. The fraction of sp³-hybridized carbons (Fsp3) is 0.200. The van der Waals surface area contributed by atoms with Crippen molar-refractivity contribution in [2.75, 3.05) is 7.11 Å². The molecule has 0 bridgehead atoms. The lowest BCUT2D eigenvalue weighted by Crippen LogP contribution is -2.13. The van der Waals surface area contributed by atoms with Crippen LogP contribution in [0.1, 0.15) is 11.1 Å². The van der Waals surface area contributed by atoms with Gasteiger partial charge in [0.15, 0.2) is 11.6 Å². The maximum absolute atomic E-state index is 13.0. The topological polar surface area (TPSA) is 21.3 Å². The molecule has 5 heteroatoms. The normalized spacial score (nSPS) is 10.6. The Morgan fingerprint density at radius 3 is 2.25 bits per heavy atom. The van der Waals surface area contributed by atoms with Crippen molar-refractivity contribution in [2.24, 2.45) is 0 Å². The van der Waals surface area contributed by atoms with E-state index in [4.69, 9.17) is 16.3 Å². The second-order valence-corrected chi connectivity index (χ2v) is 4.73. The first-order chi connectivity index (χ1) is 9.60. The first-order valence-electron chi connectivity index (χ1n) is 6.07. The van der Waals surface area contributed by atoms with E-state index >= 15 is 0 Å². The summed E-state index contributed by atoms with van der Waals surface area (Å²) in [6.07, 6.45) is 0. The monoisotopic (exact) mass is 297 g/mol. The van der Waals surface area contributed by atoms with Gasteiger partial charge in [0, 0.05) is 13.1 Å². The Morgan fingerprint density at radius 1 is 1.00 bits per heavy atom. The molecule has 0 aliphatic rings. The standard InChI is InChI=1S/C15H14ClF2NO/c1-20-15-5-3-10(6-12(15)16)8-19-9-11-2-4-13(17)14(18)7-11/h2-7,19H,8-9H2,1H3. The summed E-state index contributed by atoms with van der Waals surface area (Å²) in [5.41, 5.74) is 1.67. The van der Waals surface area contributed by atoms with Crippen LogP contribution in [0.25, 0.3) is 0 Å². The molecule has 0 fully saturated rings. The van der Waals surface area contributed by atoms with Gasteiger partial charge in [0.2, 0.25) is 0 Å². The summed E-state index contributed by atoms with van der Waals surface area (Å²) in [5, 5.41) is 3.68. The van der Waals surface area contributed by atoms with Crippen LogP contribution in [-0.4, -0.2) is 7.11 Å². The van der Waals surface area contributed by atoms with Gasteiger partial charge in [-0.25, -0.2) is 8.78 Å². The van der Waals surface area contributed by atoms with Crippen molar-refractivity contribution < 1.29 is 13.5 Å². The fourth-order valence-electron chi connectivity index (χ4n) is 1.82. The van der Waals surface area contributed by atoms with Gasteiger partial charge in [-0.05, 0) is 35.4 Å². The predicted molar refractivity (Wildman–Crippen MR) is 74.9 cm³/mol. The number of methoxy groups -OCH3 is 1. The molecule has 0 amide bonds. The molecule has 0 aliphatic heterocycles. The van der Waals surface area contributed by atoms with Crippen LogP contribution in [0.2, 0.25) is 5.02 Å². The maximum atomic E-state index is 13.0. The van der Waals surface area contributed by atoms with Crippen LogP contribution >= 0.6 is 11.6 Å². The van der Waals surface area contributed by atoms with Crippen molar-refractivity contribution >= 4 is 11.6 Å². The second-order valence-electron chi connectivity index (χ2n) is 4.32. The summed E-state index contributed by atoms with van der Waals surface area (Å²) >= 11 is 6.02. The number of halogens is 3. The lowest BCUT2D eigenvalue weighted by molar-refractivity contribution is 0.415. The first kappa shape index (κ1) is 14.8. The lowest BCUT2D eigenvalue weighted by atomic mass is 10.2. The Labute approximate surface area is 121 Å². The van der Waals surface area contributed by atoms with E-state index in [0.29, 0.717) is 29.4 Å². The van der Waals surface area contributed by atoms with E-state index in [-0.39, 0.29) is 0 Å². The van der Waals surface area contributed by atoms with Crippen LogP contribution in [0.3, 0.4) is 0 Å². The quantitative estimate of drug-likeness (QED) is 0.903. The highest BCUT2D eigenvalue weighted by Crippen LogP contribution is 2.24. The van der Waals surface area contributed by atoms with Gasteiger partial charge in [-0.2, -0.15) is 0 Å². The van der Waals surface area contributed by atoms with Gasteiger partial charge in [-0.3, -0.25) is 0 Å². The number of hydrogen-bond donors (Lipinski definition) is 1. The van der Waals surface area contributed by atoms with E-state index in [1.54, 1.807) is 25.3 Å². The molecule has 0 spiro atoms. The molecule has 0 saturated heterocycles. The van der Waals surface area contributed by atoms with Crippen LogP contribution in [0.5, 0.6) is 5.75 Å². The lowest BCUT2D eigenvalue weighted by Gasteiger charge is -2.08. The van der Waals surface area contributed by atoms with Gasteiger partial charge in [0.05, 0.1) is 12.1 Å². The van der Waals surface area contributed by atoms with Crippen molar-refractivity contribution in [3.05, 3.63) is 64.2 Å². The van der Waals surface area contributed by atoms with Crippen LogP contribution in [0.15, 0.2) is 36.4 Å². The maximum Gasteiger partial charge on any atom is 0.159 e. The van der Waals surface area contributed by atoms with E-state index in [1.165, 1.54) is 6.07 Å². The zero-order chi connectivity index (χ0) is 14.5. The van der Waals surface area contributed by atoms with E-state index in [0.717, 1.165) is 11.6 Å². The third-order valence-corrected chi connectivity index (χ3v) is 3.15. The SMILES string of the molecule is COc1ccc(CNCc2ccc(F)c(F)c2)cc1Cl. The third kappa shape index (κ3) is 3.68. The highest BCUT2D eigenvalue weighted by Gasteiger charge is 2.04. The van der Waals surface area contributed by atoms with Crippen molar-refractivity contribution in [1.82, 2.24) is 5.32 Å². The second kappa shape index (κ2) is 6.68. The molecule has 0 aliphatic carbocycles. The zero-order valence-corrected chi connectivity index (χ0v) is 11.7. The average molecular weight is 298 g/mol. The van der Waals surface area contributed by atoms with Crippen molar-refractivity contribution in [2.45, 2.75) is 13.1 Å². The Hall–Kier alpha value is -1.65. The molecule has 106 valence electrons. The molecule has 0 heterocycles. The van der Waals surface area contributed by atoms with Crippen LogP contribution in [0, 0.1) is 11.6 Å². The van der Waals surface area contributed by atoms with E-state index in [9.17, 15) is 8.78 Å². The third-order valence-electron chi connectivity index (χ3n) is 2.86. The van der Waals surface area contributed by atoms with Crippen LogP contribution in [-0.2, 0) is 13.1 Å². The smallest absolute Gasteiger partial charge is 0.159 e. The van der Waals surface area contributed by atoms with Gasteiger partial charge < -0.3 is 10.1 Å². The van der Waals surface area contributed by atoms with Gasteiger partial charge in [0.25, 0.3) is 0 Å². The van der Waals surface area contributed by atoms with Gasteiger partial charge in [-0.1, -0.05) is 23.7 Å². The molecule has 2 aromatic carbocycles. The number of benzene rings is 2. The number of ether oxygens (including phenoxy) is 1. The Morgan fingerprint density at radius 2 is 1.65 bits per heavy atom. The molecule has 20 heavy (non-hydrogen) atoms. The number of hydrogen-bond acceptors (Lipinski definition) is 2. The number of nitrogens with one attached hydrogen (secondary N) is 1. The highest BCUT2D eigenvalue weighted by molar-refractivity contribution is 6.32. The van der Waals surface area contributed by atoms with Crippen LogP contribution < -0.4 is 10.1 Å². The Balaban J connectivity index is 1.92. The molecule has 0 unspecified atom stereocenters. The zero-order valence-electron chi connectivity index (χ0n) is 10.9. The molecule has 0 aromatic heterocycles. The molecular weight excluding hydrogens is 284 g/mol.